The Labute approximate surface area is 114 Å². The van der Waals surface area contributed by atoms with Crippen LogP contribution in [0.25, 0.3) is 0 Å². The van der Waals surface area contributed by atoms with Gasteiger partial charge in [0.2, 0.25) is 10.0 Å². The van der Waals surface area contributed by atoms with Gasteiger partial charge >= 0.3 is 0 Å². The van der Waals surface area contributed by atoms with E-state index < -0.39 is 10.0 Å². The molecule has 0 saturated carbocycles. The molecule has 4 nitrogen and oxygen atoms in total. The van der Waals surface area contributed by atoms with Crippen LogP contribution in [0.15, 0.2) is 18.2 Å². The first-order chi connectivity index (χ1) is 8.94. The average Bonchev–Trinajstić information content (AvgIpc) is 2.61. The minimum absolute atomic E-state index is 0.157. The van der Waals surface area contributed by atoms with E-state index in [0.29, 0.717) is 18.8 Å². The lowest BCUT2D eigenvalue weighted by Gasteiger charge is -2.18. The Balaban J connectivity index is 2.42. The maximum atomic E-state index is 12.1. The molecule has 102 valence electrons. The van der Waals surface area contributed by atoms with Crippen molar-refractivity contribution in [2.24, 2.45) is 11.7 Å². The Bertz CT molecular complexity index is 641. The first kappa shape index (κ1) is 13.9. The first-order valence-corrected chi connectivity index (χ1v) is 7.85. The highest BCUT2D eigenvalue weighted by atomic mass is 32.2. The lowest BCUT2D eigenvalue weighted by Crippen LogP contribution is -2.25. The maximum absolute atomic E-state index is 12.1. The van der Waals surface area contributed by atoms with E-state index in [1.807, 2.05) is 32.0 Å². The fourth-order valence-corrected chi connectivity index (χ4v) is 4.13. The molecule has 5 heteroatoms. The van der Waals surface area contributed by atoms with Crippen LogP contribution < -0.4 is 10.0 Å². The van der Waals surface area contributed by atoms with Crippen LogP contribution in [0.1, 0.15) is 18.1 Å². The van der Waals surface area contributed by atoms with Gasteiger partial charge in [0, 0.05) is 12.1 Å². The molecular weight excluding hydrogens is 260 g/mol. The summed E-state index contributed by atoms with van der Waals surface area (Å²) in [6.07, 6.45) is 0. The van der Waals surface area contributed by atoms with Crippen LogP contribution >= 0.6 is 0 Å². The van der Waals surface area contributed by atoms with Crippen molar-refractivity contribution in [3.8, 4) is 11.8 Å². The van der Waals surface area contributed by atoms with Crippen LogP contribution in [-0.4, -0.2) is 27.3 Å². The van der Waals surface area contributed by atoms with Gasteiger partial charge in [-0.25, -0.2) is 8.42 Å². The molecule has 19 heavy (non-hydrogen) atoms. The van der Waals surface area contributed by atoms with E-state index >= 15 is 0 Å². The summed E-state index contributed by atoms with van der Waals surface area (Å²) in [6, 6.07) is 5.56. The highest BCUT2D eigenvalue weighted by Gasteiger charge is 2.33. The molecule has 1 aliphatic rings. The van der Waals surface area contributed by atoms with Crippen molar-refractivity contribution in [1.29, 1.82) is 0 Å². The summed E-state index contributed by atoms with van der Waals surface area (Å²) < 4.78 is 25.6. The molecule has 1 aliphatic heterocycles. The Morgan fingerprint density at radius 3 is 2.79 bits per heavy atom. The molecule has 0 radical (unpaired) electrons. The van der Waals surface area contributed by atoms with E-state index in [2.05, 4.69) is 11.8 Å². The first-order valence-electron chi connectivity index (χ1n) is 6.24. The van der Waals surface area contributed by atoms with Gasteiger partial charge in [-0.2, -0.15) is 0 Å². The number of hydrogen-bond donors (Lipinski definition) is 1. The second-order valence-corrected chi connectivity index (χ2v) is 6.86. The monoisotopic (exact) mass is 278 g/mol. The van der Waals surface area contributed by atoms with E-state index in [-0.39, 0.29) is 11.7 Å². The van der Waals surface area contributed by atoms with Crippen LogP contribution in [-0.2, 0) is 10.0 Å². The van der Waals surface area contributed by atoms with Gasteiger partial charge in [-0.3, -0.25) is 4.31 Å². The minimum atomic E-state index is -3.18. The third-order valence-electron chi connectivity index (χ3n) is 3.14. The summed E-state index contributed by atoms with van der Waals surface area (Å²) in [5, 5.41) is 0. The van der Waals surface area contributed by atoms with E-state index in [9.17, 15) is 8.42 Å². The van der Waals surface area contributed by atoms with Gasteiger partial charge in [-0.05, 0) is 30.5 Å². The predicted molar refractivity (Wildman–Crippen MR) is 77.4 cm³/mol. The lowest BCUT2D eigenvalue weighted by molar-refractivity contribution is 0.598. The number of sulfonamides is 1. The Hall–Kier alpha value is -1.51. The van der Waals surface area contributed by atoms with Crippen LogP contribution in [0.3, 0.4) is 0 Å². The molecule has 1 aromatic carbocycles. The topological polar surface area (TPSA) is 63.4 Å². The molecule has 0 aromatic heterocycles. The Kier molecular flexibility index (Phi) is 3.83. The van der Waals surface area contributed by atoms with Crippen molar-refractivity contribution >= 4 is 15.7 Å². The van der Waals surface area contributed by atoms with Crippen LogP contribution in [0, 0.1) is 24.7 Å². The molecule has 1 unspecified atom stereocenters. The second kappa shape index (κ2) is 5.24. The normalized spacial score (nSPS) is 21.0. The molecular formula is C14H18N2O2S. The van der Waals surface area contributed by atoms with Gasteiger partial charge in [0.1, 0.15) is 0 Å². The molecule has 1 fully saturated rings. The Morgan fingerprint density at radius 2 is 2.21 bits per heavy atom. The van der Waals surface area contributed by atoms with Crippen molar-refractivity contribution in [3.05, 3.63) is 29.3 Å². The molecule has 0 amide bonds. The van der Waals surface area contributed by atoms with E-state index in [0.717, 1.165) is 11.1 Å². The van der Waals surface area contributed by atoms with Gasteiger partial charge in [0.25, 0.3) is 0 Å². The third-order valence-corrected chi connectivity index (χ3v) is 5.16. The van der Waals surface area contributed by atoms with Crippen molar-refractivity contribution in [3.63, 3.8) is 0 Å². The molecule has 0 aliphatic carbocycles. The number of aryl methyl sites for hydroxylation is 1. The van der Waals surface area contributed by atoms with Gasteiger partial charge in [0.15, 0.2) is 0 Å². The molecule has 1 saturated heterocycles. The summed E-state index contributed by atoms with van der Waals surface area (Å²) in [7, 11) is -3.18. The van der Waals surface area contributed by atoms with Crippen molar-refractivity contribution < 1.29 is 8.42 Å². The fraction of sp³-hybridized carbons (Fsp3) is 0.429. The van der Waals surface area contributed by atoms with E-state index in [1.54, 1.807) is 0 Å². The van der Waals surface area contributed by atoms with Gasteiger partial charge in [-0.15, -0.1) is 0 Å². The highest BCUT2D eigenvalue weighted by Crippen LogP contribution is 2.28. The standard InChI is InChI=1S/C14H18N2O2S/c1-11-9-16(19(17,18)10-11)14-6-5-12(2)13(8-14)4-3-7-15/h5-6,8,11H,7,9-10,15H2,1-2H3. The molecule has 1 atom stereocenters. The molecule has 1 aromatic rings. The zero-order valence-electron chi connectivity index (χ0n) is 11.2. The van der Waals surface area contributed by atoms with Crippen molar-refractivity contribution in [1.82, 2.24) is 0 Å². The number of nitrogens with zero attached hydrogens (tertiary/aromatic N) is 1. The number of hydrogen-bond acceptors (Lipinski definition) is 3. The van der Waals surface area contributed by atoms with Crippen molar-refractivity contribution in [2.75, 3.05) is 23.1 Å². The van der Waals surface area contributed by atoms with E-state index in [1.165, 1.54) is 4.31 Å². The number of benzene rings is 1. The number of nitrogens with two attached hydrogens (primary N) is 1. The zero-order valence-corrected chi connectivity index (χ0v) is 12.0. The van der Waals surface area contributed by atoms with Crippen LogP contribution in [0.5, 0.6) is 0 Å². The van der Waals surface area contributed by atoms with Gasteiger partial charge in [0.05, 0.1) is 18.0 Å². The summed E-state index contributed by atoms with van der Waals surface area (Å²) in [4.78, 5) is 0. The fourth-order valence-electron chi connectivity index (χ4n) is 2.21. The maximum Gasteiger partial charge on any atom is 0.235 e. The quantitative estimate of drug-likeness (QED) is 0.782. The van der Waals surface area contributed by atoms with Crippen LogP contribution in [0.4, 0.5) is 5.69 Å². The lowest BCUT2D eigenvalue weighted by atomic mass is 10.1. The Morgan fingerprint density at radius 1 is 1.47 bits per heavy atom. The second-order valence-electron chi connectivity index (χ2n) is 4.92. The van der Waals surface area contributed by atoms with Gasteiger partial charge in [-0.1, -0.05) is 24.8 Å². The number of anilines is 1. The predicted octanol–water partition coefficient (Wildman–Crippen LogP) is 1.09. The zero-order chi connectivity index (χ0) is 14.0. The summed E-state index contributed by atoms with van der Waals surface area (Å²) in [5.74, 6) is 6.15. The largest absolute Gasteiger partial charge is 0.320 e. The van der Waals surface area contributed by atoms with Gasteiger partial charge < -0.3 is 5.73 Å². The molecule has 2 N–H and O–H groups in total. The minimum Gasteiger partial charge on any atom is -0.320 e. The van der Waals surface area contributed by atoms with Crippen molar-refractivity contribution in [2.45, 2.75) is 13.8 Å². The summed E-state index contributed by atoms with van der Waals surface area (Å²) in [5.41, 5.74) is 7.91. The third kappa shape index (κ3) is 2.91. The molecule has 0 bridgehead atoms. The smallest absolute Gasteiger partial charge is 0.235 e. The summed E-state index contributed by atoms with van der Waals surface area (Å²) >= 11 is 0. The van der Waals surface area contributed by atoms with E-state index in [4.69, 9.17) is 5.73 Å². The molecule has 1 heterocycles. The number of rotatable bonds is 1. The molecule has 2 rings (SSSR count). The highest BCUT2D eigenvalue weighted by molar-refractivity contribution is 7.93. The van der Waals surface area contributed by atoms with Crippen LogP contribution in [0.2, 0.25) is 0 Å². The molecule has 0 spiro atoms. The average molecular weight is 278 g/mol. The summed E-state index contributed by atoms with van der Waals surface area (Å²) in [6.45, 7) is 4.73. The SMILES string of the molecule is Cc1ccc(N2CC(C)CS2(=O)=O)cc1C#CCN.